The Bertz CT molecular complexity index is 671. The minimum absolute atomic E-state index is 0.468. The normalized spacial score (nSPS) is 15.6. The van der Waals surface area contributed by atoms with E-state index >= 15 is 0 Å². The Morgan fingerprint density at radius 1 is 1.12 bits per heavy atom. The van der Waals surface area contributed by atoms with Crippen molar-refractivity contribution in [2.75, 3.05) is 37.7 Å². The molecule has 0 aliphatic carbocycles. The molecule has 0 aromatic carbocycles. The summed E-state index contributed by atoms with van der Waals surface area (Å²) >= 11 is 5.89. The van der Waals surface area contributed by atoms with Crippen LogP contribution in [0.1, 0.15) is 19.5 Å². The van der Waals surface area contributed by atoms with E-state index in [1.54, 1.807) is 18.6 Å². The molecular formula is C18H24ClN5O. The van der Waals surface area contributed by atoms with E-state index < -0.39 is 0 Å². The Balaban J connectivity index is 1.53. The number of piperazine rings is 1. The maximum atomic E-state index is 5.89. The van der Waals surface area contributed by atoms with Crippen LogP contribution in [0.3, 0.4) is 0 Å². The number of pyridine rings is 1. The average molecular weight is 362 g/mol. The highest BCUT2D eigenvalue weighted by Crippen LogP contribution is 2.17. The maximum absolute atomic E-state index is 5.89. The van der Waals surface area contributed by atoms with E-state index in [0.717, 1.165) is 44.2 Å². The monoisotopic (exact) mass is 361 g/mol. The van der Waals surface area contributed by atoms with E-state index in [4.69, 9.17) is 16.3 Å². The molecule has 0 amide bonds. The smallest absolute Gasteiger partial charge is 0.234 e. The second kappa shape index (κ2) is 8.45. The summed E-state index contributed by atoms with van der Waals surface area (Å²) < 4.78 is 5.68. The van der Waals surface area contributed by atoms with Crippen LogP contribution in [0.4, 0.5) is 5.82 Å². The second-order valence-electron chi connectivity index (χ2n) is 6.65. The molecular weight excluding hydrogens is 338 g/mol. The van der Waals surface area contributed by atoms with Crippen LogP contribution in [-0.2, 0) is 6.54 Å². The van der Waals surface area contributed by atoms with E-state index in [1.807, 2.05) is 12.1 Å². The number of halogens is 1. The summed E-state index contributed by atoms with van der Waals surface area (Å²) in [6, 6.07) is 3.87. The van der Waals surface area contributed by atoms with Gasteiger partial charge in [-0.25, -0.2) is 0 Å². The van der Waals surface area contributed by atoms with Gasteiger partial charge < -0.3 is 9.64 Å². The number of hydrogen-bond donors (Lipinski definition) is 0. The number of rotatable bonds is 6. The Labute approximate surface area is 153 Å². The summed E-state index contributed by atoms with van der Waals surface area (Å²) in [6.07, 6.45) is 5.18. The summed E-state index contributed by atoms with van der Waals surface area (Å²) in [5, 5.41) is 0.673. The first kappa shape index (κ1) is 17.9. The van der Waals surface area contributed by atoms with Gasteiger partial charge >= 0.3 is 0 Å². The lowest BCUT2D eigenvalue weighted by atomic mass is 10.2. The number of anilines is 1. The molecule has 0 radical (unpaired) electrons. The molecule has 0 spiro atoms. The Kier molecular flexibility index (Phi) is 6.04. The summed E-state index contributed by atoms with van der Waals surface area (Å²) in [7, 11) is 0. The SMILES string of the molecule is CC(C)COc1cncc(N2CCN(Cc3ccc(Cl)cn3)CC2)n1. The molecule has 2 aromatic heterocycles. The molecule has 0 unspecified atom stereocenters. The average Bonchev–Trinajstić information content (AvgIpc) is 2.63. The van der Waals surface area contributed by atoms with Gasteiger partial charge in [-0.3, -0.25) is 14.9 Å². The Hall–Kier alpha value is -1.92. The minimum atomic E-state index is 0.468. The van der Waals surface area contributed by atoms with Crippen molar-refractivity contribution in [3.8, 4) is 5.88 Å². The van der Waals surface area contributed by atoms with E-state index in [-0.39, 0.29) is 0 Å². The molecule has 3 heterocycles. The van der Waals surface area contributed by atoms with Gasteiger partial charge in [-0.15, -0.1) is 0 Å². The highest BCUT2D eigenvalue weighted by Gasteiger charge is 2.19. The topological polar surface area (TPSA) is 54.4 Å². The second-order valence-corrected chi connectivity index (χ2v) is 7.09. The van der Waals surface area contributed by atoms with E-state index in [0.29, 0.717) is 23.4 Å². The van der Waals surface area contributed by atoms with Crippen LogP contribution >= 0.6 is 11.6 Å². The lowest BCUT2D eigenvalue weighted by Gasteiger charge is -2.35. The minimum Gasteiger partial charge on any atom is -0.476 e. The quantitative estimate of drug-likeness (QED) is 0.788. The molecule has 0 atom stereocenters. The molecule has 25 heavy (non-hydrogen) atoms. The van der Waals surface area contributed by atoms with Gasteiger partial charge in [0.25, 0.3) is 0 Å². The summed E-state index contributed by atoms with van der Waals surface area (Å²) in [4.78, 5) is 17.9. The Morgan fingerprint density at radius 2 is 1.92 bits per heavy atom. The van der Waals surface area contributed by atoms with Gasteiger partial charge in [0.15, 0.2) is 5.82 Å². The van der Waals surface area contributed by atoms with E-state index in [1.165, 1.54) is 0 Å². The van der Waals surface area contributed by atoms with Crippen molar-refractivity contribution in [3.63, 3.8) is 0 Å². The van der Waals surface area contributed by atoms with Gasteiger partial charge in [0.1, 0.15) is 0 Å². The van der Waals surface area contributed by atoms with Crippen LogP contribution < -0.4 is 9.64 Å². The van der Waals surface area contributed by atoms with Gasteiger partial charge in [0.2, 0.25) is 5.88 Å². The van der Waals surface area contributed by atoms with E-state index in [2.05, 4.69) is 38.6 Å². The van der Waals surface area contributed by atoms with Crippen molar-refractivity contribution in [3.05, 3.63) is 41.4 Å². The van der Waals surface area contributed by atoms with Crippen LogP contribution in [-0.4, -0.2) is 52.6 Å². The summed E-state index contributed by atoms with van der Waals surface area (Å²) in [5.41, 5.74) is 1.04. The molecule has 1 fully saturated rings. The number of hydrogen-bond acceptors (Lipinski definition) is 6. The zero-order valence-electron chi connectivity index (χ0n) is 14.7. The Morgan fingerprint density at radius 3 is 2.60 bits per heavy atom. The van der Waals surface area contributed by atoms with Crippen LogP contribution in [0.25, 0.3) is 0 Å². The molecule has 1 aliphatic heterocycles. The number of nitrogens with zero attached hydrogens (tertiary/aromatic N) is 5. The standard InChI is InChI=1S/C18H24ClN5O/c1-14(2)13-25-18-11-20-10-17(22-18)24-7-5-23(6-8-24)12-16-4-3-15(19)9-21-16/h3-4,9-11,14H,5-8,12-13H2,1-2H3. The van der Waals surface area contributed by atoms with Gasteiger partial charge in [-0.05, 0) is 18.1 Å². The molecule has 0 saturated carbocycles. The number of aromatic nitrogens is 3. The van der Waals surface area contributed by atoms with Crippen molar-refractivity contribution < 1.29 is 4.74 Å². The molecule has 6 nitrogen and oxygen atoms in total. The maximum Gasteiger partial charge on any atom is 0.234 e. The molecule has 2 aromatic rings. The highest BCUT2D eigenvalue weighted by atomic mass is 35.5. The van der Waals surface area contributed by atoms with Crippen LogP contribution in [0.5, 0.6) is 5.88 Å². The lowest BCUT2D eigenvalue weighted by molar-refractivity contribution is 0.244. The summed E-state index contributed by atoms with van der Waals surface area (Å²) in [6.45, 7) is 9.48. The third-order valence-electron chi connectivity index (χ3n) is 4.03. The largest absolute Gasteiger partial charge is 0.476 e. The predicted octanol–water partition coefficient (Wildman–Crippen LogP) is 2.88. The molecule has 1 saturated heterocycles. The molecule has 134 valence electrons. The third kappa shape index (κ3) is 5.28. The molecule has 1 aliphatic rings. The first-order valence-corrected chi connectivity index (χ1v) is 9.00. The van der Waals surface area contributed by atoms with Gasteiger partial charge in [0.05, 0.1) is 29.7 Å². The van der Waals surface area contributed by atoms with Crippen molar-refractivity contribution in [2.45, 2.75) is 20.4 Å². The van der Waals surface area contributed by atoms with Crippen LogP contribution in [0, 0.1) is 5.92 Å². The molecule has 0 N–H and O–H groups in total. The van der Waals surface area contributed by atoms with Gasteiger partial charge in [-0.1, -0.05) is 25.4 Å². The highest BCUT2D eigenvalue weighted by molar-refractivity contribution is 6.30. The zero-order chi connectivity index (χ0) is 17.6. The lowest BCUT2D eigenvalue weighted by Crippen LogP contribution is -2.46. The van der Waals surface area contributed by atoms with Gasteiger partial charge in [0, 0.05) is 38.9 Å². The molecule has 7 heteroatoms. The zero-order valence-corrected chi connectivity index (χ0v) is 15.5. The van der Waals surface area contributed by atoms with Gasteiger partial charge in [-0.2, -0.15) is 4.98 Å². The van der Waals surface area contributed by atoms with Crippen molar-refractivity contribution in [1.29, 1.82) is 0 Å². The first-order chi connectivity index (χ1) is 12.1. The molecule has 0 bridgehead atoms. The fourth-order valence-electron chi connectivity index (χ4n) is 2.68. The van der Waals surface area contributed by atoms with Crippen molar-refractivity contribution >= 4 is 17.4 Å². The predicted molar refractivity (Wildman–Crippen MR) is 99.1 cm³/mol. The van der Waals surface area contributed by atoms with Crippen molar-refractivity contribution in [2.24, 2.45) is 5.92 Å². The van der Waals surface area contributed by atoms with Crippen LogP contribution in [0.15, 0.2) is 30.7 Å². The fraction of sp³-hybridized carbons (Fsp3) is 0.500. The fourth-order valence-corrected chi connectivity index (χ4v) is 2.79. The third-order valence-corrected chi connectivity index (χ3v) is 4.26. The van der Waals surface area contributed by atoms with E-state index in [9.17, 15) is 0 Å². The van der Waals surface area contributed by atoms with Crippen molar-refractivity contribution in [1.82, 2.24) is 19.9 Å². The first-order valence-electron chi connectivity index (χ1n) is 8.63. The van der Waals surface area contributed by atoms with Crippen LogP contribution in [0.2, 0.25) is 5.02 Å². The number of ether oxygens (including phenoxy) is 1. The summed E-state index contributed by atoms with van der Waals surface area (Å²) in [5.74, 6) is 1.94. The molecule has 3 rings (SSSR count).